The van der Waals surface area contributed by atoms with Gasteiger partial charge >= 0.3 is 0 Å². The lowest BCUT2D eigenvalue weighted by Gasteiger charge is -2.02. The lowest BCUT2D eigenvalue weighted by molar-refractivity contribution is 0.414. The molecule has 0 aliphatic rings. The van der Waals surface area contributed by atoms with E-state index in [2.05, 4.69) is 36.9 Å². The van der Waals surface area contributed by atoms with E-state index >= 15 is 0 Å². The summed E-state index contributed by atoms with van der Waals surface area (Å²) < 4.78 is 6.22. The van der Waals surface area contributed by atoms with Gasteiger partial charge in [-0.05, 0) is 46.6 Å². The number of nitrogens with zero attached hydrogens (tertiary/aromatic N) is 2. The maximum absolute atomic E-state index is 5.23. The lowest BCUT2D eigenvalue weighted by Crippen LogP contribution is -1.86. The average Bonchev–Trinajstić information content (AvgIpc) is 2.87. The van der Waals surface area contributed by atoms with E-state index in [1.807, 2.05) is 31.2 Å². The molecule has 0 unspecified atom stereocenters. The minimum absolute atomic E-state index is 0.754. The third-order valence-electron chi connectivity index (χ3n) is 3.09. The van der Waals surface area contributed by atoms with Crippen molar-refractivity contribution in [2.24, 2.45) is 0 Å². The number of halogens is 1. The minimum atomic E-state index is 0.754. The summed E-state index contributed by atoms with van der Waals surface area (Å²) in [4.78, 5) is 12.3. The molecule has 1 N–H and O–H groups in total. The molecular formula is C15H14BrN3OS. The Morgan fingerprint density at radius 3 is 2.95 bits per heavy atom. The fraction of sp³-hybridized carbons (Fsp3) is 0.200. The molecule has 0 aliphatic heterocycles. The fourth-order valence-corrected chi connectivity index (χ4v) is 3.10. The number of fused-ring (bicyclic) bond motifs is 1. The second kappa shape index (κ2) is 6.07. The molecule has 0 bridgehead atoms. The van der Waals surface area contributed by atoms with Gasteiger partial charge in [-0.2, -0.15) is 0 Å². The van der Waals surface area contributed by atoms with E-state index in [1.54, 1.807) is 18.9 Å². The van der Waals surface area contributed by atoms with E-state index in [0.29, 0.717) is 0 Å². The summed E-state index contributed by atoms with van der Waals surface area (Å²) in [7, 11) is 1.68. The number of aromatic nitrogens is 3. The van der Waals surface area contributed by atoms with Gasteiger partial charge in [-0.15, -0.1) is 0 Å². The highest BCUT2D eigenvalue weighted by atomic mass is 79.9. The van der Waals surface area contributed by atoms with Crippen molar-refractivity contribution < 1.29 is 4.74 Å². The van der Waals surface area contributed by atoms with Gasteiger partial charge in [0.2, 0.25) is 0 Å². The molecule has 0 radical (unpaired) electrons. The molecule has 0 saturated carbocycles. The summed E-state index contributed by atoms with van der Waals surface area (Å²) in [6.07, 6.45) is 0. The molecule has 108 valence electrons. The predicted octanol–water partition coefficient (Wildman–Crippen LogP) is 4.33. The van der Waals surface area contributed by atoms with Gasteiger partial charge in [0.15, 0.2) is 10.8 Å². The number of methoxy groups -OCH3 is 1. The number of benzene rings is 1. The highest BCUT2D eigenvalue weighted by Crippen LogP contribution is 2.26. The monoisotopic (exact) mass is 363 g/mol. The van der Waals surface area contributed by atoms with Crippen molar-refractivity contribution in [3.05, 3.63) is 46.1 Å². The number of imidazole rings is 1. The Labute approximate surface area is 135 Å². The molecule has 4 nitrogen and oxygen atoms in total. The van der Waals surface area contributed by atoms with Crippen LogP contribution in [0.2, 0.25) is 0 Å². The Bertz CT molecular complexity index is 749. The van der Waals surface area contributed by atoms with Gasteiger partial charge in [0.25, 0.3) is 0 Å². The zero-order chi connectivity index (χ0) is 14.8. The van der Waals surface area contributed by atoms with Crippen molar-refractivity contribution in [2.45, 2.75) is 17.8 Å². The van der Waals surface area contributed by atoms with Gasteiger partial charge in [-0.1, -0.05) is 23.9 Å². The third kappa shape index (κ3) is 3.22. The van der Waals surface area contributed by atoms with E-state index in [-0.39, 0.29) is 0 Å². The number of thioether (sulfide) groups is 1. The van der Waals surface area contributed by atoms with E-state index < -0.39 is 0 Å². The van der Waals surface area contributed by atoms with Gasteiger partial charge in [0.1, 0.15) is 5.75 Å². The zero-order valence-electron chi connectivity index (χ0n) is 11.7. The zero-order valence-corrected chi connectivity index (χ0v) is 14.1. The third-order valence-corrected chi connectivity index (χ3v) is 4.84. The molecule has 2 heterocycles. The maximum Gasteiger partial charge on any atom is 0.178 e. The first kappa shape index (κ1) is 14.4. The summed E-state index contributed by atoms with van der Waals surface area (Å²) in [6.45, 7) is 1.96. The van der Waals surface area contributed by atoms with E-state index in [4.69, 9.17) is 4.74 Å². The highest BCUT2D eigenvalue weighted by molar-refractivity contribution is 9.10. The van der Waals surface area contributed by atoms with Crippen LogP contribution >= 0.6 is 27.7 Å². The van der Waals surface area contributed by atoms with Crippen molar-refractivity contribution in [2.75, 3.05) is 7.11 Å². The van der Waals surface area contributed by atoms with Crippen LogP contribution in [0.3, 0.4) is 0 Å². The Morgan fingerprint density at radius 2 is 2.14 bits per heavy atom. The topological polar surface area (TPSA) is 50.8 Å². The van der Waals surface area contributed by atoms with E-state index in [1.165, 1.54) is 5.56 Å². The molecule has 1 aromatic carbocycles. The summed E-state index contributed by atoms with van der Waals surface area (Å²) >= 11 is 5.14. The molecule has 2 aromatic heterocycles. The molecule has 0 saturated heterocycles. The van der Waals surface area contributed by atoms with Gasteiger partial charge < -0.3 is 9.72 Å². The van der Waals surface area contributed by atoms with Gasteiger partial charge in [0, 0.05) is 10.2 Å². The Kier molecular flexibility index (Phi) is 4.17. The van der Waals surface area contributed by atoms with Crippen LogP contribution in [-0.2, 0) is 5.75 Å². The second-order valence-electron chi connectivity index (χ2n) is 4.61. The molecule has 3 aromatic rings. The van der Waals surface area contributed by atoms with Crippen molar-refractivity contribution in [3.8, 4) is 5.75 Å². The SMILES string of the molecule is COc1cccc(CSc2nc3nc(C)c(Br)cc3[nH]2)c1. The standard InChI is InChI=1S/C15H14BrN3OS/c1-9-12(16)7-13-14(17-9)19-15(18-13)21-8-10-4-3-5-11(6-10)20-2/h3-7H,8H2,1-2H3,(H,17,18,19). The number of aryl methyl sites for hydroxylation is 1. The molecule has 6 heteroatoms. The van der Waals surface area contributed by atoms with E-state index in [9.17, 15) is 0 Å². The summed E-state index contributed by atoms with van der Waals surface area (Å²) in [5.41, 5.74) is 3.84. The Morgan fingerprint density at radius 1 is 1.29 bits per heavy atom. The quantitative estimate of drug-likeness (QED) is 0.700. The first-order chi connectivity index (χ1) is 10.2. The Balaban J connectivity index is 1.78. The van der Waals surface area contributed by atoms with Crippen LogP contribution in [0.25, 0.3) is 11.2 Å². The van der Waals surface area contributed by atoms with Crippen molar-refractivity contribution in [3.63, 3.8) is 0 Å². The van der Waals surface area contributed by atoms with Crippen LogP contribution in [0.5, 0.6) is 5.75 Å². The minimum Gasteiger partial charge on any atom is -0.497 e. The van der Waals surface area contributed by atoms with Crippen LogP contribution in [0, 0.1) is 6.92 Å². The number of aromatic amines is 1. The summed E-state index contributed by atoms with van der Waals surface area (Å²) in [6, 6.07) is 10.1. The summed E-state index contributed by atoms with van der Waals surface area (Å²) in [5.74, 6) is 1.70. The molecule has 0 amide bonds. The number of ether oxygens (including phenoxy) is 1. The average molecular weight is 364 g/mol. The van der Waals surface area contributed by atoms with Crippen LogP contribution in [0.1, 0.15) is 11.3 Å². The lowest BCUT2D eigenvalue weighted by atomic mass is 10.2. The van der Waals surface area contributed by atoms with Crippen molar-refractivity contribution in [1.82, 2.24) is 15.0 Å². The number of rotatable bonds is 4. The van der Waals surface area contributed by atoms with Crippen LogP contribution < -0.4 is 4.74 Å². The number of hydrogen-bond acceptors (Lipinski definition) is 4. The van der Waals surface area contributed by atoms with Crippen LogP contribution in [0.4, 0.5) is 0 Å². The van der Waals surface area contributed by atoms with E-state index in [0.717, 1.165) is 38.0 Å². The maximum atomic E-state index is 5.23. The largest absolute Gasteiger partial charge is 0.497 e. The molecule has 3 rings (SSSR count). The smallest absolute Gasteiger partial charge is 0.178 e. The number of pyridine rings is 1. The van der Waals surface area contributed by atoms with Crippen molar-refractivity contribution in [1.29, 1.82) is 0 Å². The predicted molar refractivity (Wildman–Crippen MR) is 88.9 cm³/mol. The van der Waals surface area contributed by atoms with Crippen molar-refractivity contribution >= 4 is 38.9 Å². The molecular weight excluding hydrogens is 350 g/mol. The Hall–Kier alpha value is -1.53. The molecule has 0 atom stereocenters. The molecule has 0 spiro atoms. The number of H-pyrrole nitrogens is 1. The molecule has 0 fully saturated rings. The molecule has 0 aliphatic carbocycles. The number of hydrogen-bond donors (Lipinski definition) is 1. The van der Waals surface area contributed by atoms with Crippen LogP contribution in [-0.4, -0.2) is 22.1 Å². The number of nitrogens with one attached hydrogen (secondary N) is 1. The van der Waals surface area contributed by atoms with Crippen LogP contribution in [0.15, 0.2) is 40.0 Å². The molecule has 21 heavy (non-hydrogen) atoms. The normalized spacial score (nSPS) is 11.0. The first-order valence-corrected chi connectivity index (χ1v) is 8.22. The highest BCUT2D eigenvalue weighted by Gasteiger charge is 2.07. The first-order valence-electron chi connectivity index (χ1n) is 6.44. The van der Waals surface area contributed by atoms with Gasteiger partial charge in [-0.3, -0.25) is 0 Å². The second-order valence-corrected chi connectivity index (χ2v) is 6.43. The van der Waals surface area contributed by atoms with Gasteiger partial charge in [-0.25, -0.2) is 9.97 Å². The summed E-state index contributed by atoms with van der Waals surface area (Å²) in [5, 5.41) is 0.873. The van der Waals surface area contributed by atoms with Gasteiger partial charge in [0.05, 0.1) is 18.3 Å². The fourth-order valence-electron chi connectivity index (χ4n) is 1.97.